The summed E-state index contributed by atoms with van der Waals surface area (Å²) in [4.78, 5) is 38.2. The smallest absolute Gasteiger partial charge is 0.306 e. The van der Waals surface area contributed by atoms with E-state index >= 15 is 0 Å². The molecule has 0 aromatic rings. The van der Waals surface area contributed by atoms with Crippen LogP contribution in [0.15, 0.2) is 97.2 Å². The Balaban J connectivity index is 4.45. The van der Waals surface area contributed by atoms with E-state index in [2.05, 4.69) is 118 Å². The Bertz CT molecular complexity index is 1410. The monoisotopic (exact) mass is 987 g/mol. The number of allylic oxidation sites excluding steroid dienone is 16. The van der Waals surface area contributed by atoms with E-state index in [1.54, 1.807) is 0 Å². The summed E-state index contributed by atoms with van der Waals surface area (Å²) in [6, 6.07) is 0. The van der Waals surface area contributed by atoms with Gasteiger partial charge in [0.2, 0.25) is 0 Å². The van der Waals surface area contributed by atoms with E-state index < -0.39 is 6.10 Å². The third-order valence-electron chi connectivity index (χ3n) is 12.5. The number of hydrogen-bond donors (Lipinski definition) is 0. The highest BCUT2D eigenvalue weighted by molar-refractivity contribution is 5.71. The molecule has 0 aliphatic carbocycles. The minimum absolute atomic E-state index is 0.0962. The lowest BCUT2D eigenvalue weighted by atomic mass is 10.1. The Morgan fingerprint density at radius 3 is 0.915 bits per heavy atom. The fourth-order valence-corrected chi connectivity index (χ4v) is 8.08. The summed E-state index contributed by atoms with van der Waals surface area (Å²) >= 11 is 0. The molecule has 71 heavy (non-hydrogen) atoms. The van der Waals surface area contributed by atoms with Crippen LogP contribution in [0.5, 0.6) is 0 Å². The van der Waals surface area contributed by atoms with Gasteiger partial charge in [-0.2, -0.15) is 0 Å². The zero-order valence-corrected chi connectivity index (χ0v) is 46.5. The van der Waals surface area contributed by atoms with Crippen molar-refractivity contribution < 1.29 is 28.6 Å². The molecule has 0 fully saturated rings. The number of ether oxygens (including phenoxy) is 3. The molecule has 0 aliphatic rings. The highest BCUT2D eigenvalue weighted by Gasteiger charge is 2.19. The van der Waals surface area contributed by atoms with Gasteiger partial charge in [0.05, 0.1) is 0 Å². The molecule has 0 bridgehead atoms. The van der Waals surface area contributed by atoms with Gasteiger partial charge in [0.25, 0.3) is 0 Å². The van der Waals surface area contributed by atoms with Gasteiger partial charge in [0, 0.05) is 19.3 Å². The maximum atomic E-state index is 12.9. The predicted molar refractivity (Wildman–Crippen MR) is 307 cm³/mol. The van der Waals surface area contributed by atoms with Crippen LogP contribution in [-0.2, 0) is 28.6 Å². The number of unbranched alkanes of at least 4 members (excludes halogenated alkanes) is 26. The molecule has 0 saturated heterocycles. The number of esters is 3. The van der Waals surface area contributed by atoms with Gasteiger partial charge in [-0.3, -0.25) is 14.4 Å². The standard InChI is InChI=1S/C65H110O6/c1-4-7-10-13-16-19-22-25-28-30-32-34-37-39-42-45-48-51-54-57-63(66)69-60-62(71-65(68)59-56-53-50-47-44-41-36-27-24-21-18-15-12-9-6-3)61-70-64(67)58-55-52-49-46-43-40-38-35-33-31-29-26-23-20-17-14-11-8-5-2/h9,12,16,18-19,21,25-29,32,34,36,39,42,62H,4-8,10-11,13-15,17,20,22-24,30-31,33,35,37-38,40-41,43-61H2,1-3H3/b12-9-,19-16-,21-18-,28-25-,29-26-,34-32-,36-27-,42-39-/t62-/m1/s1. The minimum Gasteiger partial charge on any atom is -0.462 e. The Hall–Kier alpha value is -3.67. The fourth-order valence-electron chi connectivity index (χ4n) is 8.08. The lowest BCUT2D eigenvalue weighted by Crippen LogP contribution is -2.30. The van der Waals surface area contributed by atoms with Gasteiger partial charge in [0.15, 0.2) is 6.10 Å². The molecule has 0 saturated carbocycles. The summed E-state index contributed by atoms with van der Waals surface area (Å²) < 4.78 is 16.9. The predicted octanol–water partition coefficient (Wildman–Crippen LogP) is 20.1. The van der Waals surface area contributed by atoms with Crippen molar-refractivity contribution in [1.82, 2.24) is 0 Å². The van der Waals surface area contributed by atoms with Crippen LogP contribution >= 0.6 is 0 Å². The second kappa shape index (κ2) is 58.9. The summed E-state index contributed by atoms with van der Waals surface area (Å²) in [6.07, 6.45) is 78.2. The SMILES string of the molecule is CC/C=C\C/C=C\C/C=C\CCCCCCCC(=O)O[C@H](COC(=O)CCCCC/C=C\C/C=C\C/C=C\C/C=C\CCCCC)COC(=O)CCCCCCCCCCC/C=C\CCCCCCCC. The van der Waals surface area contributed by atoms with Crippen molar-refractivity contribution in [2.75, 3.05) is 13.2 Å². The van der Waals surface area contributed by atoms with Crippen LogP contribution < -0.4 is 0 Å². The maximum Gasteiger partial charge on any atom is 0.306 e. The van der Waals surface area contributed by atoms with Crippen LogP contribution in [0.2, 0.25) is 0 Å². The Kier molecular flexibility index (Phi) is 55.9. The fraction of sp³-hybridized carbons (Fsp3) is 0.708. The Labute approximate surface area is 438 Å². The zero-order chi connectivity index (χ0) is 51.4. The summed E-state index contributed by atoms with van der Waals surface area (Å²) in [5.41, 5.74) is 0. The van der Waals surface area contributed by atoms with E-state index in [1.165, 1.54) is 116 Å². The van der Waals surface area contributed by atoms with E-state index in [0.717, 1.165) is 122 Å². The molecule has 6 nitrogen and oxygen atoms in total. The quantitative estimate of drug-likeness (QED) is 0.0261. The normalized spacial score (nSPS) is 12.8. The Morgan fingerprint density at radius 1 is 0.296 bits per heavy atom. The van der Waals surface area contributed by atoms with Crippen molar-refractivity contribution in [3.05, 3.63) is 97.2 Å². The summed E-state index contributed by atoms with van der Waals surface area (Å²) in [6.45, 7) is 6.47. The first-order chi connectivity index (χ1) is 35.0. The highest BCUT2D eigenvalue weighted by Crippen LogP contribution is 2.15. The largest absolute Gasteiger partial charge is 0.462 e. The molecule has 0 radical (unpaired) electrons. The first-order valence-electron chi connectivity index (χ1n) is 29.7. The first kappa shape index (κ1) is 67.3. The second-order valence-electron chi connectivity index (χ2n) is 19.5. The minimum atomic E-state index is -0.802. The van der Waals surface area contributed by atoms with Crippen molar-refractivity contribution in [3.63, 3.8) is 0 Å². The topological polar surface area (TPSA) is 78.9 Å². The van der Waals surface area contributed by atoms with Crippen molar-refractivity contribution in [2.24, 2.45) is 0 Å². The summed E-state index contributed by atoms with van der Waals surface area (Å²) in [5, 5.41) is 0. The molecular formula is C65H110O6. The maximum absolute atomic E-state index is 12.9. The molecule has 0 aliphatic heterocycles. The Morgan fingerprint density at radius 2 is 0.549 bits per heavy atom. The average molecular weight is 988 g/mol. The van der Waals surface area contributed by atoms with Crippen LogP contribution in [0.4, 0.5) is 0 Å². The van der Waals surface area contributed by atoms with Crippen LogP contribution in [0.3, 0.4) is 0 Å². The van der Waals surface area contributed by atoms with Gasteiger partial charge in [-0.25, -0.2) is 0 Å². The molecule has 406 valence electrons. The summed E-state index contributed by atoms with van der Waals surface area (Å²) in [7, 11) is 0. The van der Waals surface area contributed by atoms with Gasteiger partial charge in [-0.05, 0) is 122 Å². The molecule has 0 N–H and O–H groups in total. The second-order valence-corrected chi connectivity index (χ2v) is 19.5. The lowest BCUT2D eigenvalue weighted by molar-refractivity contribution is -0.167. The third kappa shape index (κ3) is 57.1. The van der Waals surface area contributed by atoms with Crippen molar-refractivity contribution in [2.45, 2.75) is 284 Å². The number of hydrogen-bond acceptors (Lipinski definition) is 6. The first-order valence-corrected chi connectivity index (χ1v) is 29.7. The van der Waals surface area contributed by atoms with Gasteiger partial charge >= 0.3 is 17.9 Å². The molecule has 0 unspecified atom stereocenters. The van der Waals surface area contributed by atoms with Gasteiger partial charge in [-0.15, -0.1) is 0 Å². The molecule has 0 aromatic carbocycles. The average Bonchev–Trinajstić information content (AvgIpc) is 3.37. The van der Waals surface area contributed by atoms with Crippen LogP contribution in [-0.4, -0.2) is 37.2 Å². The van der Waals surface area contributed by atoms with Gasteiger partial charge in [-0.1, -0.05) is 234 Å². The summed E-state index contributed by atoms with van der Waals surface area (Å²) in [5.74, 6) is -0.943. The number of carbonyl (C=O) groups is 3. The zero-order valence-electron chi connectivity index (χ0n) is 46.5. The molecule has 0 heterocycles. The molecule has 1 atom stereocenters. The number of carbonyl (C=O) groups excluding carboxylic acids is 3. The van der Waals surface area contributed by atoms with Crippen LogP contribution in [0.25, 0.3) is 0 Å². The highest BCUT2D eigenvalue weighted by atomic mass is 16.6. The molecule has 6 heteroatoms. The van der Waals surface area contributed by atoms with E-state index in [-0.39, 0.29) is 31.1 Å². The van der Waals surface area contributed by atoms with E-state index in [9.17, 15) is 14.4 Å². The lowest BCUT2D eigenvalue weighted by Gasteiger charge is -2.18. The van der Waals surface area contributed by atoms with Crippen molar-refractivity contribution in [1.29, 1.82) is 0 Å². The van der Waals surface area contributed by atoms with Gasteiger partial charge in [0.1, 0.15) is 13.2 Å². The van der Waals surface area contributed by atoms with E-state index in [1.807, 2.05) is 0 Å². The van der Waals surface area contributed by atoms with Crippen molar-refractivity contribution >= 4 is 17.9 Å². The van der Waals surface area contributed by atoms with Crippen LogP contribution in [0.1, 0.15) is 278 Å². The van der Waals surface area contributed by atoms with Crippen molar-refractivity contribution in [3.8, 4) is 0 Å². The number of rotatable bonds is 53. The molecule has 0 aromatic heterocycles. The molecular weight excluding hydrogens is 877 g/mol. The molecule has 0 amide bonds. The van der Waals surface area contributed by atoms with E-state index in [4.69, 9.17) is 14.2 Å². The molecule has 0 rings (SSSR count). The third-order valence-corrected chi connectivity index (χ3v) is 12.5. The van der Waals surface area contributed by atoms with Gasteiger partial charge < -0.3 is 14.2 Å². The van der Waals surface area contributed by atoms with E-state index in [0.29, 0.717) is 19.3 Å². The molecule has 0 spiro atoms. The van der Waals surface area contributed by atoms with Crippen LogP contribution in [0, 0.1) is 0 Å².